The molecule has 1 saturated carbocycles. The third-order valence-electron chi connectivity index (χ3n) is 3.10. The van der Waals surface area contributed by atoms with E-state index >= 15 is 0 Å². The van der Waals surface area contributed by atoms with Gasteiger partial charge in [-0.1, -0.05) is 12.8 Å². The topological polar surface area (TPSA) is 54.3 Å². The predicted molar refractivity (Wildman–Crippen MR) is 65.6 cm³/mol. The van der Waals surface area contributed by atoms with Gasteiger partial charge in [0, 0.05) is 6.04 Å². The molecule has 1 aromatic rings. The van der Waals surface area contributed by atoms with Crippen molar-refractivity contribution in [2.75, 3.05) is 6.54 Å². The highest BCUT2D eigenvalue weighted by atomic mass is 16.3. The van der Waals surface area contributed by atoms with Crippen molar-refractivity contribution in [3.05, 3.63) is 23.7 Å². The Hall–Kier alpha value is -1.29. The first-order valence-electron chi connectivity index (χ1n) is 6.29. The molecule has 0 unspecified atom stereocenters. The molecular formula is C13H20N2O2. The summed E-state index contributed by atoms with van der Waals surface area (Å²) in [6, 6.07) is 4.25. The van der Waals surface area contributed by atoms with Gasteiger partial charge in [-0.3, -0.25) is 4.79 Å². The van der Waals surface area contributed by atoms with Gasteiger partial charge in [-0.25, -0.2) is 0 Å². The quantitative estimate of drug-likeness (QED) is 0.818. The van der Waals surface area contributed by atoms with E-state index in [0.29, 0.717) is 19.1 Å². The summed E-state index contributed by atoms with van der Waals surface area (Å²) >= 11 is 0. The molecule has 0 radical (unpaired) electrons. The van der Waals surface area contributed by atoms with Crippen LogP contribution in [0.3, 0.4) is 0 Å². The molecule has 1 fully saturated rings. The van der Waals surface area contributed by atoms with Crippen molar-refractivity contribution >= 4 is 5.91 Å². The zero-order valence-corrected chi connectivity index (χ0v) is 10.3. The first kappa shape index (κ1) is 12.2. The van der Waals surface area contributed by atoms with Crippen LogP contribution >= 0.6 is 0 Å². The van der Waals surface area contributed by atoms with E-state index in [4.69, 9.17) is 4.42 Å². The fraction of sp³-hybridized carbons (Fsp3) is 0.615. The van der Waals surface area contributed by atoms with Crippen molar-refractivity contribution in [2.45, 2.75) is 45.2 Å². The van der Waals surface area contributed by atoms with Crippen LogP contribution in [0.25, 0.3) is 0 Å². The number of amides is 1. The second-order valence-corrected chi connectivity index (χ2v) is 4.66. The summed E-state index contributed by atoms with van der Waals surface area (Å²) in [5, 5.41) is 6.12. The van der Waals surface area contributed by atoms with Gasteiger partial charge in [0.05, 0.1) is 13.1 Å². The Balaban J connectivity index is 1.62. The number of rotatable bonds is 5. The minimum atomic E-state index is 0.0835. The van der Waals surface area contributed by atoms with Gasteiger partial charge in [-0.05, 0) is 31.9 Å². The minimum absolute atomic E-state index is 0.0835. The number of carbonyl (C=O) groups is 1. The Morgan fingerprint density at radius 3 is 2.82 bits per heavy atom. The number of carbonyl (C=O) groups excluding carboxylic acids is 1. The van der Waals surface area contributed by atoms with E-state index in [1.807, 2.05) is 19.1 Å². The SMILES string of the molecule is Cc1ccc(CNCC(=O)NC2CCCC2)o1. The van der Waals surface area contributed by atoms with Gasteiger partial charge in [0.1, 0.15) is 11.5 Å². The normalized spacial score (nSPS) is 16.3. The lowest BCUT2D eigenvalue weighted by Gasteiger charge is -2.11. The van der Waals surface area contributed by atoms with Gasteiger partial charge in [0.25, 0.3) is 0 Å². The zero-order valence-electron chi connectivity index (χ0n) is 10.3. The van der Waals surface area contributed by atoms with Gasteiger partial charge in [-0.15, -0.1) is 0 Å². The van der Waals surface area contributed by atoms with E-state index in [2.05, 4.69) is 10.6 Å². The maximum absolute atomic E-state index is 11.6. The van der Waals surface area contributed by atoms with Crippen LogP contribution in [0.1, 0.15) is 37.2 Å². The molecule has 0 spiro atoms. The highest BCUT2D eigenvalue weighted by Gasteiger charge is 2.16. The van der Waals surface area contributed by atoms with Crippen molar-refractivity contribution in [3.63, 3.8) is 0 Å². The fourth-order valence-corrected chi connectivity index (χ4v) is 2.23. The highest BCUT2D eigenvalue weighted by molar-refractivity contribution is 5.78. The van der Waals surface area contributed by atoms with E-state index in [-0.39, 0.29) is 5.91 Å². The molecule has 1 amide bonds. The number of hydrogen-bond acceptors (Lipinski definition) is 3. The van der Waals surface area contributed by atoms with Crippen molar-refractivity contribution in [1.29, 1.82) is 0 Å². The average Bonchev–Trinajstić information content (AvgIpc) is 2.90. The number of hydrogen-bond donors (Lipinski definition) is 2. The van der Waals surface area contributed by atoms with Crippen LogP contribution in [0.4, 0.5) is 0 Å². The summed E-state index contributed by atoms with van der Waals surface area (Å²) in [5.41, 5.74) is 0. The molecule has 1 aromatic heterocycles. The maximum atomic E-state index is 11.6. The summed E-state index contributed by atoms with van der Waals surface area (Å²) in [5.74, 6) is 1.86. The van der Waals surface area contributed by atoms with Crippen LogP contribution in [-0.4, -0.2) is 18.5 Å². The van der Waals surface area contributed by atoms with Gasteiger partial charge in [-0.2, -0.15) is 0 Å². The minimum Gasteiger partial charge on any atom is -0.465 e. The van der Waals surface area contributed by atoms with E-state index in [0.717, 1.165) is 24.4 Å². The third-order valence-corrected chi connectivity index (χ3v) is 3.10. The summed E-state index contributed by atoms with van der Waals surface area (Å²) < 4.78 is 5.40. The largest absolute Gasteiger partial charge is 0.465 e. The van der Waals surface area contributed by atoms with Gasteiger partial charge in [0.2, 0.25) is 5.91 Å². The smallest absolute Gasteiger partial charge is 0.234 e. The first-order chi connectivity index (χ1) is 8.24. The molecule has 94 valence electrons. The molecule has 1 heterocycles. The summed E-state index contributed by atoms with van der Waals surface area (Å²) in [7, 11) is 0. The monoisotopic (exact) mass is 236 g/mol. The van der Waals surface area contributed by atoms with Crippen molar-refractivity contribution < 1.29 is 9.21 Å². The lowest BCUT2D eigenvalue weighted by Crippen LogP contribution is -2.38. The zero-order chi connectivity index (χ0) is 12.1. The second-order valence-electron chi connectivity index (χ2n) is 4.66. The van der Waals surface area contributed by atoms with Crippen molar-refractivity contribution in [1.82, 2.24) is 10.6 Å². The van der Waals surface area contributed by atoms with Crippen LogP contribution in [0.5, 0.6) is 0 Å². The molecule has 4 heteroatoms. The molecule has 1 aliphatic carbocycles. The number of nitrogens with one attached hydrogen (secondary N) is 2. The molecule has 0 saturated heterocycles. The standard InChI is InChI=1S/C13H20N2O2/c1-10-6-7-12(17-10)8-14-9-13(16)15-11-4-2-3-5-11/h6-7,11,14H,2-5,8-9H2,1H3,(H,15,16). The maximum Gasteiger partial charge on any atom is 0.234 e. The molecule has 4 nitrogen and oxygen atoms in total. The third kappa shape index (κ3) is 3.89. The van der Waals surface area contributed by atoms with E-state index in [1.54, 1.807) is 0 Å². The lowest BCUT2D eigenvalue weighted by atomic mass is 10.2. The Kier molecular flexibility index (Phi) is 4.20. The van der Waals surface area contributed by atoms with E-state index < -0.39 is 0 Å². The highest BCUT2D eigenvalue weighted by Crippen LogP contribution is 2.17. The molecule has 1 aliphatic rings. The van der Waals surface area contributed by atoms with Crippen LogP contribution in [0.2, 0.25) is 0 Å². The Morgan fingerprint density at radius 2 is 2.18 bits per heavy atom. The number of furan rings is 1. The molecule has 17 heavy (non-hydrogen) atoms. The lowest BCUT2D eigenvalue weighted by molar-refractivity contribution is -0.120. The van der Waals surface area contributed by atoms with Crippen molar-refractivity contribution in [2.24, 2.45) is 0 Å². The van der Waals surface area contributed by atoms with Crippen LogP contribution in [0, 0.1) is 6.92 Å². The van der Waals surface area contributed by atoms with Crippen LogP contribution in [-0.2, 0) is 11.3 Å². The molecule has 0 bridgehead atoms. The Bertz CT molecular complexity index is 367. The fourth-order valence-electron chi connectivity index (χ4n) is 2.23. The van der Waals surface area contributed by atoms with E-state index in [1.165, 1.54) is 12.8 Å². The van der Waals surface area contributed by atoms with Crippen LogP contribution < -0.4 is 10.6 Å². The number of aryl methyl sites for hydroxylation is 1. The van der Waals surface area contributed by atoms with Gasteiger partial charge >= 0.3 is 0 Å². The summed E-state index contributed by atoms with van der Waals surface area (Å²) in [6.45, 7) is 2.87. The summed E-state index contributed by atoms with van der Waals surface area (Å²) in [4.78, 5) is 11.6. The predicted octanol–water partition coefficient (Wildman–Crippen LogP) is 1.74. The average molecular weight is 236 g/mol. The molecule has 0 atom stereocenters. The molecular weight excluding hydrogens is 216 g/mol. The van der Waals surface area contributed by atoms with Gasteiger partial charge in [0.15, 0.2) is 0 Å². The van der Waals surface area contributed by atoms with Crippen molar-refractivity contribution in [3.8, 4) is 0 Å². The molecule has 2 N–H and O–H groups in total. The Labute approximate surface area is 102 Å². The van der Waals surface area contributed by atoms with Gasteiger partial charge < -0.3 is 15.1 Å². The second kappa shape index (κ2) is 5.87. The first-order valence-corrected chi connectivity index (χ1v) is 6.29. The Morgan fingerprint density at radius 1 is 1.41 bits per heavy atom. The molecule has 0 aromatic carbocycles. The molecule has 0 aliphatic heterocycles. The van der Waals surface area contributed by atoms with Crippen LogP contribution in [0.15, 0.2) is 16.5 Å². The van der Waals surface area contributed by atoms with E-state index in [9.17, 15) is 4.79 Å². The summed E-state index contributed by atoms with van der Waals surface area (Å²) in [6.07, 6.45) is 4.74. The molecule has 2 rings (SSSR count).